The van der Waals surface area contributed by atoms with Crippen LogP contribution in [0.1, 0.15) is 5.69 Å². The molecule has 1 aromatic carbocycles. The Morgan fingerprint density at radius 3 is 2.76 bits per heavy atom. The monoisotopic (exact) mass is 251 g/mol. The predicted octanol–water partition coefficient (Wildman–Crippen LogP) is 3.64. The molecule has 0 bridgehead atoms. The summed E-state index contributed by atoms with van der Waals surface area (Å²) >= 11 is 5.74. The van der Waals surface area contributed by atoms with Gasteiger partial charge in [-0.2, -0.15) is 0 Å². The van der Waals surface area contributed by atoms with Gasteiger partial charge in [0.15, 0.2) is 0 Å². The van der Waals surface area contributed by atoms with Gasteiger partial charge in [0.05, 0.1) is 18.7 Å². The SMILES string of the molecule is COc1ccc(CCl)nc1-c1cccc(F)c1. The van der Waals surface area contributed by atoms with Crippen molar-refractivity contribution in [2.45, 2.75) is 5.88 Å². The molecule has 4 heteroatoms. The molecule has 0 saturated heterocycles. The highest BCUT2D eigenvalue weighted by atomic mass is 35.5. The first-order valence-corrected chi connectivity index (χ1v) is 5.64. The molecule has 0 amide bonds. The number of hydrogen-bond acceptors (Lipinski definition) is 2. The molecule has 2 aromatic rings. The normalized spacial score (nSPS) is 10.3. The second-order valence-electron chi connectivity index (χ2n) is 3.50. The molecule has 0 spiro atoms. The van der Waals surface area contributed by atoms with Crippen molar-refractivity contribution in [2.75, 3.05) is 7.11 Å². The lowest BCUT2D eigenvalue weighted by atomic mass is 10.1. The van der Waals surface area contributed by atoms with Crippen molar-refractivity contribution >= 4 is 11.6 Å². The molecule has 1 heterocycles. The highest BCUT2D eigenvalue weighted by Gasteiger charge is 2.09. The van der Waals surface area contributed by atoms with E-state index in [0.717, 1.165) is 5.69 Å². The molecule has 1 aromatic heterocycles. The molecule has 0 fully saturated rings. The number of hydrogen-bond donors (Lipinski definition) is 0. The molecule has 0 atom stereocenters. The van der Waals surface area contributed by atoms with E-state index in [0.29, 0.717) is 22.9 Å². The van der Waals surface area contributed by atoms with Crippen LogP contribution in [-0.4, -0.2) is 12.1 Å². The first-order valence-electron chi connectivity index (χ1n) is 5.10. The zero-order valence-corrected chi connectivity index (χ0v) is 10.0. The Hall–Kier alpha value is -1.61. The fraction of sp³-hybridized carbons (Fsp3) is 0.154. The largest absolute Gasteiger partial charge is 0.494 e. The standard InChI is InChI=1S/C13H11ClFNO/c1-17-12-6-5-11(8-14)16-13(12)9-3-2-4-10(15)7-9/h2-7H,8H2,1H3. The van der Waals surface area contributed by atoms with Crippen LogP contribution in [0.25, 0.3) is 11.3 Å². The summed E-state index contributed by atoms with van der Waals surface area (Å²) in [7, 11) is 1.56. The number of halogens is 2. The number of benzene rings is 1. The highest BCUT2D eigenvalue weighted by Crippen LogP contribution is 2.28. The number of rotatable bonds is 3. The van der Waals surface area contributed by atoms with Crippen molar-refractivity contribution in [3.8, 4) is 17.0 Å². The van der Waals surface area contributed by atoms with Gasteiger partial charge in [-0.3, -0.25) is 0 Å². The average molecular weight is 252 g/mol. The van der Waals surface area contributed by atoms with Gasteiger partial charge >= 0.3 is 0 Å². The summed E-state index contributed by atoms with van der Waals surface area (Å²) in [4.78, 5) is 4.35. The number of methoxy groups -OCH3 is 1. The van der Waals surface area contributed by atoms with Gasteiger partial charge in [-0.1, -0.05) is 12.1 Å². The molecule has 0 aliphatic heterocycles. The van der Waals surface area contributed by atoms with Crippen molar-refractivity contribution in [3.63, 3.8) is 0 Å². The van der Waals surface area contributed by atoms with Crippen LogP contribution >= 0.6 is 11.6 Å². The Balaban J connectivity index is 2.56. The molecule has 0 saturated carbocycles. The lowest BCUT2D eigenvalue weighted by molar-refractivity contribution is 0.414. The summed E-state index contributed by atoms with van der Waals surface area (Å²) in [6.45, 7) is 0. The molecule has 0 N–H and O–H groups in total. The molecule has 0 aliphatic carbocycles. The van der Waals surface area contributed by atoms with Crippen molar-refractivity contribution < 1.29 is 9.13 Å². The second-order valence-corrected chi connectivity index (χ2v) is 3.76. The van der Waals surface area contributed by atoms with Crippen LogP contribution in [0.4, 0.5) is 4.39 Å². The second kappa shape index (κ2) is 5.15. The minimum atomic E-state index is -0.303. The maximum Gasteiger partial charge on any atom is 0.145 e. The average Bonchev–Trinajstić information content (AvgIpc) is 2.38. The molecule has 0 radical (unpaired) electrons. The lowest BCUT2D eigenvalue weighted by Crippen LogP contribution is -1.95. The van der Waals surface area contributed by atoms with E-state index in [2.05, 4.69) is 4.98 Å². The summed E-state index contributed by atoms with van der Waals surface area (Å²) < 4.78 is 18.4. The van der Waals surface area contributed by atoms with E-state index < -0.39 is 0 Å². The molecular formula is C13H11ClFNO. The van der Waals surface area contributed by atoms with Crippen molar-refractivity contribution in [2.24, 2.45) is 0 Å². The van der Waals surface area contributed by atoms with Crippen LogP contribution in [0.5, 0.6) is 5.75 Å². The number of aromatic nitrogens is 1. The summed E-state index contributed by atoms with van der Waals surface area (Å²) in [5.74, 6) is 0.610. The third-order valence-corrected chi connectivity index (χ3v) is 2.64. The molecule has 2 nitrogen and oxygen atoms in total. The Labute approximate surface area is 104 Å². The Kier molecular flexibility index (Phi) is 3.59. The number of nitrogens with zero attached hydrogens (tertiary/aromatic N) is 1. The molecule has 2 rings (SSSR count). The summed E-state index contributed by atoms with van der Waals surface area (Å²) in [6, 6.07) is 9.80. The first-order chi connectivity index (χ1) is 8.24. The van der Waals surface area contributed by atoms with Gasteiger partial charge in [-0.25, -0.2) is 9.37 Å². The third-order valence-electron chi connectivity index (χ3n) is 2.37. The summed E-state index contributed by atoms with van der Waals surface area (Å²) in [5, 5.41) is 0. The van der Waals surface area contributed by atoms with Gasteiger partial charge in [0.1, 0.15) is 17.3 Å². The first kappa shape index (κ1) is 11.9. The van der Waals surface area contributed by atoms with Crippen molar-refractivity contribution in [1.29, 1.82) is 0 Å². The van der Waals surface area contributed by atoms with E-state index in [-0.39, 0.29) is 5.82 Å². The zero-order chi connectivity index (χ0) is 12.3. The van der Waals surface area contributed by atoms with Crippen LogP contribution in [0.15, 0.2) is 36.4 Å². The van der Waals surface area contributed by atoms with Crippen LogP contribution in [0, 0.1) is 5.82 Å². The number of ether oxygens (including phenoxy) is 1. The Morgan fingerprint density at radius 1 is 1.29 bits per heavy atom. The Morgan fingerprint density at radius 2 is 2.12 bits per heavy atom. The predicted molar refractivity (Wildman–Crippen MR) is 65.7 cm³/mol. The van der Waals surface area contributed by atoms with Gasteiger partial charge < -0.3 is 4.74 Å². The van der Waals surface area contributed by atoms with Gasteiger partial charge in [-0.15, -0.1) is 11.6 Å². The van der Waals surface area contributed by atoms with Gasteiger partial charge in [0.2, 0.25) is 0 Å². The van der Waals surface area contributed by atoms with Crippen LogP contribution in [-0.2, 0) is 5.88 Å². The maximum atomic E-state index is 13.2. The third kappa shape index (κ3) is 2.56. The zero-order valence-electron chi connectivity index (χ0n) is 9.28. The minimum absolute atomic E-state index is 0.303. The molecule has 0 unspecified atom stereocenters. The van der Waals surface area contributed by atoms with E-state index in [1.165, 1.54) is 12.1 Å². The van der Waals surface area contributed by atoms with E-state index in [1.54, 1.807) is 31.4 Å². The highest BCUT2D eigenvalue weighted by molar-refractivity contribution is 6.16. The van der Waals surface area contributed by atoms with E-state index in [9.17, 15) is 4.39 Å². The molecular weight excluding hydrogens is 241 g/mol. The van der Waals surface area contributed by atoms with Crippen molar-refractivity contribution in [3.05, 3.63) is 47.9 Å². The van der Waals surface area contributed by atoms with Crippen LogP contribution in [0.2, 0.25) is 0 Å². The van der Waals surface area contributed by atoms with E-state index >= 15 is 0 Å². The fourth-order valence-electron chi connectivity index (χ4n) is 1.57. The van der Waals surface area contributed by atoms with Gasteiger partial charge in [-0.05, 0) is 24.3 Å². The van der Waals surface area contributed by atoms with Crippen LogP contribution in [0.3, 0.4) is 0 Å². The quantitative estimate of drug-likeness (QED) is 0.777. The van der Waals surface area contributed by atoms with E-state index in [1.807, 2.05) is 0 Å². The molecule has 88 valence electrons. The van der Waals surface area contributed by atoms with Gasteiger partial charge in [0.25, 0.3) is 0 Å². The fourth-order valence-corrected chi connectivity index (χ4v) is 1.72. The summed E-state index contributed by atoms with van der Waals surface area (Å²) in [5.41, 5.74) is 2.01. The smallest absolute Gasteiger partial charge is 0.145 e. The number of pyridine rings is 1. The lowest BCUT2D eigenvalue weighted by Gasteiger charge is -2.09. The topological polar surface area (TPSA) is 22.1 Å². The number of alkyl halides is 1. The van der Waals surface area contributed by atoms with E-state index in [4.69, 9.17) is 16.3 Å². The molecule has 0 aliphatic rings. The minimum Gasteiger partial charge on any atom is -0.494 e. The molecule has 17 heavy (non-hydrogen) atoms. The van der Waals surface area contributed by atoms with Crippen LogP contribution < -0.4 is 4.74 Å². The maximum absolute atomic E-state index is 13.2. The van der Waals surface area contributed by atoms with Crippen molar-refractivity contribution in [1.82, 2.24) is 4.98 Å². The van der Waals surface area contributed by atoms with Gasteiger partial charge in [0, 0.05) is 5.56 Å². The summed E-state index contributed by atoms with van der Waals surface area (Å²) in [6.07, 6.45) is 0. The Bertz CT molecular complexity index is 531.